The van der Waals surface area contributed by atoms with Gasteiger partial charge >= 0.3 is 0 Å². The average molecular weight is 283 g/mol. The zero-order valence-electron chi connectivity index (χ0n) is 11.5. The number of benzene rings is 1. The minimum Gasteiger partial charge on any atom is -0.383 e. The van der Waals surface area contributed by atoms with Crippen LogP contribution in [0.3, 0.4) is 0 Å². The van der Waals surface area contributed by atoms with E-state index in [1.165, 1.54) is 7.11 Å². The molecule has 1 fully saturated rings. The summed E-state index contributed by atoms with van der Waals surface area (Å²) in [5.74, 6) is 0. The van der Waals surface area contributed by atoms with Crippen molar-refractivity contribution >= 4 is 10.0 Å². The summed E-state index contributed by atoms with van der Waals surface area (Å²) in [6.45, 7) is 2.55. The molecule has 2 unspecified atom stereocenters. The van der Waals surface area contributed by atoms with Crippen molar-refractivity contribution in [3.63, 3.8) is 0 Å². The normalized spacial score (nSPS) is 22.5. The number of sulfonamides is 1. The summed E-state index contributed by atoms with van der Waals surface area (Å²) in [7, 11) is -1.76. The predicted octanol–water partition coefficient (Wildman–Crippen LogP) is 2.19. The van der Waals surface area contributed by atoms with E-state index >= 15 is 0 Å². The summed E-state index contributed by atoms with van der Waals surface area (Å²) in [4.78, 5) is 0. The Balaban J connectivity index is 2.24. The second-order valence-electron chi connectivity index (χ2n) is 4.99. The topological polar surface area (TPSA) is 46.6 Å². The van der Waals surface area contributed by atoms with Crippen LogP contribution in [0, 0.1) is 0 Å². The van der Waals surface area contributed by atoms with Gasteiger partial charge in [0.2, 0.25) is 10.0 Å². The highest BCUT2D eigenvalue weighted by Crippen LogP contribution is 2.35. The molecule has 0 aliphatic carbocycles. The molecular weight excluding hydrogens is 262 g/mol. The van der Waals surface area contributed by atoms with Gasteiger partial charge in [0.05, 0.1) is 11.9 Å². The molecule has 0 bridgehead atoms. The zero-order chi connectivity index (χ0) is 13.9. The van der Waals surface area contributed by atoms with Gasteiger partial charge in [-0.05, 0) is 25.3 Å². The van der Waals surface area contributed by atoms with Crippen LogP contribution in [-0.4, -0.2) is 38.2 Å². The summed E-state index contributed by atoms with van der Waals surface area (Å²) < 4.78 is 31.7. The van der Waals surface area contributed by atoms with E-state index in [1.807, 2.05) is 30.3 Å². The molecule has 2 atom stereocenters. The Bertz CT molecular complexity index is 501. The van der Waals surface area contributed by atoms with Gasteiger partial charge in [-0.25, -0.2) is 8.42 Å². The van der Waals surface area contributed by atoms with E-state index in [-0.39, 0.29) is 12.6 Å². The molecule has 1 aliphatic rings. The molecule has 106 valence electrons. The minimum atomic E-state index is -3.29. The highest BCUT2D eigenvalue weighted by Gasteiger charge is 2.37. The molecule has 0 radical (unpaired) electrons. The average Bonchev–Trinajstić information content (AvgIpc) is 2.90. The maximum atomic E-state index is 12.6. The third-order valence-electron chi connectivity index (χ3n) is 3.62. The minimum absolute atomic E-state index is 0.0227. The lowest BCUT2D eigenvalue weighted by molar-refractivity contribution is 0.197. The first kappa shape index (κ1) is 14.5. The molecule has 5 heteroatoms. The predicted molar refractivity (Wildman–Crippen MR) is 75.4 cm³/mol. The Hall–Kier alpha value is -0.910. The van der Waals surface area contributed by atoms with Gasteiger partial charge in [-0.2, -0.15) is 4.31 Å². The Morgan fingerprint density at radius 2 is 2.05 bits per heavy atom. The first-order valence-corrected chi connectivity index (χ1v) is 8.12. The Morgan fingerprint density at radius 3 is 2.68 bits per heavy atom. The Morgan fingerprint density at radius 1 is 1.37 bits per heavy atom. The SMILES string of the molecule is COCC(C)S(=O)(=O)N1CCCC1c1ccccc1. The van der Waals surface area contributed by atoms with E-state index in [9.17, 15) is 8.42 Å². The van der Waals surface area contributed by atoms with E-state index in [1.54, 1.807) is 11.2 Å². The lowest BCUT2D eigenvalue weighted by Gasteiger charge is -2.27. The van der Waals surface area contributed by atoms with E-state index in [0.29, 0.717) is 6.54 Å². The van der Waals surface area contributed by atoms with Crippen molar-refractivity contribution in [2.45, 2.75) is 31.1 Å². The quantitative estimate of drug-likeness (QED) is 0.832. The zero-order valence-corrected chi connectivity index (χ0v) is 12.3. The van der Waals surface area contributed by atoms with Gasteiger partial charge in [0.25, 0.3) is 0 Å². The number of ether oxygens (including phenoxy) is 1. The fourth-order valence-electron chi connectivity index (χ4n) is 2.60. The van der Waals surface area contributed by atoms with Gasteiger partial charge < -0.3 is 4.74 Å². The van der Waals surface area contributed by atoms with Crippen molar-refractivity contribution in [2.24, 2.45) is 0 Å². The maximum Gasteiger partial charge on any atom is 0.219 e. The van der Waals surface area contributed by atoms with Crippen LogP contribution in [0.1, 0.15) is 31.4 Å². The van der Waals surface area contributed by atoms with Crippen LogP contribution < -0.4 is 0 Å². The van der Waals surface area contributed by atoms with E-state index in [2.05, 4.69) is 0 Å². The van der Waals surface area contributed by atoms with Gasteiger partial charge in [-0.1, -0.05) is 30.3 Å². The Labute approximate surface area is 115 Å². The molecular formula is C14H21NO3S. The third kappa shape index (κ3) is 2.99. The van der Waals surface area contributed by atoms with Gasteiger partial charge in [-0.3, -0.25) is 0 Å². The molecule has 0 saturated carbocycles. The van der Waals surface area contributed by atoms with Crippen LogP contribution >= 0.6 is 0 Å². The number of nitrogens with zero attached hydrogens (tertiary/aromatic N) is 1. The van der Waals surface area contributed by atoms with Crippen LogP contribution in [0.2, 0.25) is 0 Å². The molecule has 0 amide bonds. The fourth-order valence-corrected chi connectivity index (χ4v) is 4.34. The lowest BCUT2D eigenvalue weighted by atomic mass is 10.1. The molecule has 0 aromatic heterocycles. The number of hydrogen-bond donors (Lipinski definition) is 0. The fraction of sp³-hybridized carbons (Fsp3) is 0.571. The maximum absolute atomic E-state index is 12.6. The summed E-state index contributed by atoms with van der Waals surface area (Å²) in [6, 6.07) is 9.84. The first-order chi connectivity index (χ1) is 9.07. The molecule has 0 N–H and O–H groups in total. The number of hydrogen-bond acceptors (Lipinski definition) is 3. The van der Waals surface area contributed by atoms with Crippen LogP contribution in [-0.2, 0) is 14.8 Å². The largest absolute Gasteiger partial charge is 0.383 e. The van der Waals surface area contributed by atoms with Crippen LogP contribution in [0.15, 0.2) is 30.3 Å². The first-order valence-electron chi connectivity index (χ1n) is 6.62. The molecule has 1 aromatic rings. The van der Waals surface area contributed by atoms with E-state index in [0.717, 1.165) is 18.4 Å². The third-order valence-corrected chi connectivity index (χ3v) is 5.87. The molecule has 1 heterocycles. The molecule has 1 saturated heterocycles. The van der Waals surface area contributed by atoms with Crippen molar-refractivity contribution in [1.29, 1.82) is 0 Å². The highest BCUT2D eigenvalue weighted by atomic mass is 32.2. The van der Waals surface area contributed by atoms with Gasteiger partial charge in [0.1, 0.15) is 0 Å². The van der Waals surface area contributed by atoms with Gasteiger partial charge in [0, 0.05) is 19.7 Å². The molecule has 1 aromatic carbocycles. The lowest BCUT2D eigenvalue weighted by Crippen LogP contribution is -2.39. The van der Waals surface area contributed by atoms with Crippen molar-refractivity contribution < 1.29 is 13.2 Å². The summed E-state index contributed by atoms with van der Waals surface area (Å²) in [5, 5.41) is -0.498. The van der Waals surface area contributed by atoms with Crippen LogP contribution in [0.25, 0.3) is 0 Å². The van der Waals surface area contributed by atoms with Gasteiger partial charge in [-0.15, -0.1) is 0 Å². The standard InChI is InChI=1S/C14H21NO3S/c1-12(11-18-2)19(16,17)15-10-6-9-14(15)13-7-4-3-5-8-13/h3-5,7-8,12,14H,6,9-11H2,1-2H3. The Kier molecular flexibility index (Phi) is 4.60. The molecule has 4 nitrogen and oxygen atoms in total. The highest BCUT2D eigenvalue weighted by molar-refractivity contribution is 7.89. The van der Waals surface area contributed by atoms with Crippen LogP contribution in [0.4, 0.5) is 0 Å². The van der Waals surface area contributed by atoms with Crippen molar-refractivity contribution in [2.75, 3.05) is 20.3 Å². The van der Waals surface area contributed by atoms with Crippen molar-refractivity contribution in [3.8, 4) is 0 Å². The summed E-state index contributed by atoms with van der Waals surface area (Å²) >= 11 is 0. The number of rotatable bonds is 5. The molecule has 2 rings (SSSR count). The second kappa shape index (κ2) is 6.03. The molecule has 19 heavy (non-hydrogen) atoms. The summed E-state index contributed by atoms with van der Waals surface area (Å²) in [5.41, 5.74) is 1.08. The van der Waals surface area contributed by atoms with Crippen LogP contribution in [0.5, 0.6) is 0 Å². The smallest absolute Gasteiger partial charge is 0.219 e. The van der Waals surface area contributed by atoms with E-state index in [4.69, 9.17) is 4.74 Å². The number of methoxy groups -OCH3 is 1. The van der Waals surface area contributed by atoms with Crippen molar-refractivity contribution in [3.05, 3.63) is 35.9 Å². The molecule has 0 spiro atoms. The monoisotopic (exact) mass is 283 g/mol. The molecule has 1 aliphatic heterocycles. The van der Waals surface area contributed by atoms with Gasteiger partial charge in [0.15, 0.2) is 0 Å². The second-order valence-corrected chi connectivity index (χ2v) is 7.29. The van der Waals surface area contributed by atoms with E-state index < -0.39 is 15.3 Å². The summed E-state index contributed by atoms with van der Waals surface area (Å²) in [6.07, 6.45) is 1.81. The van der Waals surface area contributed by atoms with Crippen molar-refractivity contribution in [1.82, 2.24) is 4.31 Å².